The average molecular weight is 603 g/mol. The third kappa shape index (κ3) is 5.91. The molecule has 42 heavy (non-hydrogen) atoms. The highest BCUT2D eigenvalue weighted by molar-refractivity contribution is 7.90. The maximum Gasteiger partial charge on any atom is 0.242 e. The van der Waals surface area contributed by atoms with E-state index in [0.717, 1.165) is 11.1 Å². The number of rotatable bonds is 9. The molecule has 1 aliphatic rings. The lowest BCUT2D eigenvalue weighted by molar-refractivity contribution is -0.118. The fourth-order valence-electron chi connectivity index (χ4n) is 4.85. The van der Waals surface area contributed by atoms with Crippen LogP contribution in [0.3, 0.4) is 0 Å². The van der Waals surface area contributed by atoms with E-state index in [2.05, 4.69) is 14.7 Å². The molecule has 0 aliphatic carbocycles. The molecule has 1 aromatic heterocycles. The minimum atomic E-state index is -3.99. The summed E-state index contributed by atoms with van der Waals surface area (Å²) in [6.07, 6.45) is 0.0847. The van der Waals surface area contributed by atoms with Crippen molar-refractivity contribution in [3.63, 3.8) is 0 Å². The number of imidazole rings is 1. The summed E-state index contributed by atoms with van der Waals surface area (Å²) in [6, 6.07) is 28.7. The summed E-state index contributed by atoms with van der Waals surface area (Å²) in [7, 11) is -7.76. The summed E-state index contributed by atoms with van der Waals surface area (Å²) in [4.78, 5) is 19.6. The van der Waals surface area contributed by atoms with Gasteiger partial charge in [-0.3, -0.25) is 9.52 Å². The van der Waals surface area contributed by atoms with Gasteiger partial charge in [0.2, 0.25) is 26.0 Å². The topological polar surface area (TPSA) is 147 Å². The lowest BCUT2D eigenvalue weighted by Gasteiger charge is -2.18. The van der Waals surface area contributed by atoms with Gasteiger partial charge in [-0.15, -0.1) is 0 Å². The van der Waals surface area contributed by atoms with Gasteiger partial charge in [-0.2, -0.15) is 0 Å². The van der Waals surface area contributed by atoms with Crippen LogP contribution in [0.2, 0.25) is 0 Å². The van der Waals surface area contributed by atoms with Crippen LogP contribution in [0.25, 0.3) is 11.0 Å². The van der Waals surface area contributed by atoms with Gasteiger partial charge in [0.05, 0.1) is 28.4 Å². The Balaban J connectivity index is 1.26. The quantitative estimate of drug-likeness (QED) is 0.225. The fourth-order valence-corrected chi connectivity index (χ4v) is 7.48. The molecule has 5 aromatic rings. The number of para-hydroxylation sites is 3. The van der Waals surface area contributed by atoms with Crippen molar-refractivity contribution < 1.29 is 26.4 Å². The Bertz CT molecular complexity index is 1930. The molecule has 10 nitrogen and oxygen atoms in total. The predicted molar refractivity (Wildman–Crippen MR) is 157 cm³/mol. The van der Waals surface area contributed by atoms with Crippen molar-refractivity contribution in [3.8, 4) is 11.5 Å². The Kier molecular flexibility index (Phi) is 7.27. The van der Waals surface area contributed by atoms with Gasteiger partial charge in [-0.25, -0.2) is 26.5 Å². The highest BCUT2D eigenvalue weighted by Crippen LogP contribution is 2.31. The van der Waals surface area contributed by atoms with Gasteiger partial charge in [-0.1, -0.05) is 54.6 Å². The van der Waals surface area contributed by atoms with Crippen LogP contribution in [0, 0.1) is 0 Å². The second-order valence-corrected chi connectivity index (χ2v) is 13.5. The number of H-pyrrole nitrogens is 1. The maximum absolute atomic E-state index is 13.5. The van der Waals surface area contributed by atoms with E-state index in [1.54, 1.807) is 48.5 Å². The van der Waals surface area contributed by atoms with E-state index < -0.39 is 37.2 Å². The lowest BCUT2D eigenvalue weighted by atomic mass is 10.0. The number of nitrogens with zero attached hydrogens (tertiary/aromatic N) is 1. The summed E-state index contributed by atoms with van der Waals surface area (Å²) in [5, 5.41) is -0.961. The number of ether oxygens (including phenoxy) is 1. The molecule has 0 radical (unpaired) electrons. The number of amides is 1. The Hall–Kier alpha value is -4.52. The molecular weight excluding hydrogens is 576 g/mol. The monoisotopic (exact) mass is 602 g/mol. The van der Waals surface area contributed by atoms with E-state index in [9.17, 15) is 21.6 Å². The molecule has 0 bridgehead atoms. The first-order valence-corrected chi connectivity index (χ1v) is 16.1. The van der Waals surface area contributed by atoms with Crippen molar-refractivity contribution in [2.45, 2.75) is 29.0 Å². The number of sulfonamides is 2. The Morgan fingerprint density at radius 1 is 0.881 bits per heavy atom. The minimum absolute atomic E-state index is 0.0583. The molecule has 0 spiro atoms. The molecule has 1 unspecified atom stereocenters. The molecule has 1 amide bonds. The number of fused-ring (bicyclic) bond motifs is 1. The summed E-state index contributed by atoms with van der Waals surface area (Å²) in [5.74, 6) is 1.02. The first-order chi connectivity index (χ1) is 20.2. The van der Waals surface area contributed by atoms with Gasteiger partial charge >= 0.3 is 0 Å². The number of carbonyl (C=O) groups is 1. The van der Waals surface area contributed by atoms with Gasteiger partial charge in [-0.05, 0) is 66.1 Å². The third-order valence-electron chi connectivity index (χ3n) is 6.94. The molecule has 1 aliphatic heterocycles. The molecule has 0 saturated carbocycles. The van der Waals surface area contributed by atoms with E-state index in [1.807, 2.05) is 47.2 Å². The van der Waals surface area contributed by atoms with Crippen LogP contribution in [-0.2, 0) is 31.3 Å². The summed E-state index contributed by atoms with van der Waals surface area (Å²) < 4.78 is 62.2. The smallest absolute Gasteiger partial charge is 0.242 e. The van der Waals surface area contributed by atoms with Gasteiger partial charge in [0.15, 0.2) is 0 Å². The van der Waals surface area contributed by atoms with Crippen molar-refractivity contribution in [2.75, 3.05) is 0 Å². The van der Waals surface area contributed by atoms with Crippen molar-refractivity contribution in [2.24, 2.45) is 0 Å². The Morgan fingerprint density at radius 3 is 2.21 bits per heavy atom. The number of hydrogen-bond donors (Lipinski definition) is 3. The van der Waals surface area contributed by atoms with Crippen LogP contribution in [0.4, 0.5) is 0 Å². The minimum Gasteiger partial charge on any atom is -0.457 e. The van der Waals surface area contributed by atoms with Gasteiger partial charge in [0, 0.05) is 0 Å². The molecule has 2 heterocycles. The van der Waals surface area contributed by atoms with Gasteiger partial charge in [0.1, 0.15) is 22.6 Å². The number of aromatic amines is 1. The normalized spacial score (nSPS) is 17.1. The standard InChI is InChI=1S/C30H26N4O6S2/c35-29-19-28(42(38,39)34-29)21-12-10-20(11-13-21)18-27(30-31-25-8-4-5-9-26(25)32-30)33-41(36,37)24-16-14-23(15-17-24)40-22-6-2-1-3-7-22/h1-17,27-28,33H,18-19H2,(H,31,32)(H,34,35)/t27-,28?/m0/s1. The molecule has 6 rings (SSSR count). The zero-order valence-corrected chi connectivity index (χ0v) is 23.7. The molecule has 3 N–H and O–H groups in total. The predicted octanol–water partition coefficient (Wildman–Crippen LogP) is 4.51. The molecule has 4 aromatic carbocycles. The SMILES string of the molecule is O=C1CC(c2ccc(C[C@H](NS(=O)(=O)c3ccc(Oc4ccccc4)cc3)c3nc4ccccc4[nH]3)cc2)S(=O)(=O)N1. The Labute approximate surface area is 242 Å². The van der Waals surface area contributed by atoms with Crippen LogP contribution in [0.1, 0.15) is 34.7 Å². The van der Waals surface area contributed by atoms with Crippen LogP contribution in [-0.4, -0.2) is 32.7 Å². The number of carbonyl (C=O) groups excluding carboxylic acids is 1. The molecule has 2 atom stereocenters. The molecule has 214 valence electrons. The highest BCUT2D eigenvalue weighted by Gasteiger charge is 2.37. The number of aromatic nitrogens is 2. The Morgan fingerprint density at radius 2 is 1.55 bits per heavy atom. The second kappa shape index (κ2) is 11.0. The van der Waals surface area contributed by atoms with Crippen molar-refractivity contribution in [3.05, 3.63) is 120 Å². The molecule has 1 fully saturated rings. The van der Waals surface area contributed by atoms with E-state index in [-0.39, 0.29) is 17.7 Å². The van der Waals surface area contributed by atoms with Crippen LogP contribution < -0.4 is 14.2 Å². The first-order valence-electron chi connectivity index (χ1n) is 13.1. The third-order valence-corrected chi connectivity index (χ3v) is 10.1. The van der Waals surface area contributed by atoms with Crippen molar-refractivity contribution in [1.82, 2.24) is 19.4 Å². The second-order valence-electron chi connectivity index (χ2n) is 9.91. The summed E-state index contributed by atoms with van der Waals surface area (Å²) in [6.45, 7) is 0. The van der Waals surface area contributed by atoms with E-state index >= 15 is 0 Å². The molecule has 1 saturated heterocycles. The van der Waals surface area contributed by atoms with E-state index in [0.29, 0.717) is 28.4 Å². The molecular formula is C30H26N4O6S2. The van der Waals surface area contributed by atoms with Crippen molar-refractivity contribution >= 4 is 37.0 Å². The van der Waals surface area contributed by atoms with Gasteiger partial charge in [0.25, 0.3) is 0 Å². The molecule has 12 heteroatoms. The zero-order chi connectivity index (χ0) is 29.3. The summed E-state index contributed by atoms with van der Waals surface area (Å²) in [5.41, 5.74) is 2.68. The number of nitrogens with one attached hydrogen (secondary N) is 3. The highest BCUT2D eigenvalue weighted by atomic mass is 32.2. The number of benzene rings is 4. The first kappa shape index (κ1) is 27.6. The van der Waals surface area contributed by atoms with Gasteiger partial charge < -0.3 is 9.72 Å². The lowest BCUT2D eigenvalue weighted by Crippen LogP contribution is -2.31. The van der Waals surface area contributed by atoms with Crippen LogP contribution in [0.15, 0.2) is 108 Å². The van der Waals surface area contributed by atoms with Crippen molar-refractivity contribution in [1.29, 1.82) is 0 Å². The number of hydrogen-bond acceptors (Lipinski definition) is 7. The van der Waals surface area contributed by atoms with E-state index in [1.165, 1.54) is 12.1 Å². The maximum atomic E-state index is 13.5. The zero-order valence-electron chi connectivity index (χ0n) is 22.1. The van der Waals surface area contributed by atoms with E-state index in [4.69, 9.17) is 4.74 Å². The fraction of sp³-hybridized carbons (Fsp3) is 0.133. The largest absolute Gasteiger partial charge is 0.457 e. The van der Waals surface area contributed by atoms with Crippen LogP contribution >= 0.6 is 0 Å². The van der Waals surface area contributed by atoms with Crippen LogP contribution in [0.5, 0.6) is 11.5 Å². The summed E-state index contributed by atoms with van der Waals surface area (Å²) >= 11 is 0. The average Bonchev–Trinajstić information content (AvgIpc) is 3.53.